The van der Waals surface area contributed by atoms with E-state index in [1.54, 1.807) is 11.5 Å². The van der Waals surface area contributed by atoms with Gasteiger partial charge in [-0.1, -0.05) is 0 Å². The van der Waals surface area contributed by atoms with E-state index >= 15 is 0 Å². The molecular formula is C14H17N3O5S. The molecule has 0 atom stereocenters. The summed E-state index contributed by atoms with van der Waals surface area (Å²) in [5.74, 6) is -0.506. The molecule has 0 aliphatic rings. The van der Waals surface area contributed by atoms with E-state index in [4.69, 9.17) is 9.84 Å². The van der Waals surface area contributed by atoms with Gasteiger partial charge >= 0.3 is 5.97 Å². The minimum Gasteiger partial charge on any atom is -0.496 e. The number of aryl methyl sites for hydroxylation is 2. The van der Waals surface area contributed by atoms with Crippen molar-refractivity contribution in [3.63, 3.8) is 0 Å². The molecule has 0 unspecified atom stereocenters. The fraction of sp³-hybridized carbons (Fsp3) is 0.286. The van der Waals surface area contributed by atoms with Crippen LogP contribution < -0.4 is 9.46 Å². The number of aromatic nitrogens is 2. The van der Waals surface area contributed by atoms with Gasteiger partial charge in [-0.05, 0) is 26.0 Å². The van der Waals surface area contributed by atoms with Gasteiger partial charge in [0, 0.05) is 18.8 Å². The zero-order chi connectivity index (χ0) is 17.2. The van der Waals surface area contributed by atoms with Crippen molar-refractivity contribution in [2.75, 3.05) is 11.8 Å². The Morgan fingerprint density at radius 2 is 2.13 bits per heavy atom. The van der Waals surface area contributed by atoms with Gasteiger partial charge in [-0.3, -0.25) is 4.72 Å². The molecule has 0 aliphatic carbocycles. The molecule has 0 aliphatic heterocycles. The van der Waals surface area contributed by atoms with Crippen molar-refractivity contribution in [2.45, 2.75) is 25.4 Å². The molecule has 2 aromatic rings. The van der Waals surface area contributed by atoms with Gasteiger partial charge in [0.1, 0.15) is 17.1 Å². The van der Waals surface area contributed by atoms with Gasteiger partial charge in [-0.25, -0.2) is 9.78 Å². The fourth-order valence-electron chi connectivity index (χ4n) is 2.07. The number of ether oxygens (including phenoxy) is 1. The van der Waals surface area contributed by atoms with E-state index in [1.807, 2.05) is 6.92 Å². The van der Waals surface area contributed by atoms with Gasteiger partial charge in [-0.2, -0.15) is 8.42 Å². The number of nitrogens with one attached hydrogen (secondary N) is 1. The highest BCUT2D eigenvalue weighted by Crippen LogP contribution is 2.25. The highest BCUT2D eigenvalue weighted by atomic mass is 32.2. The van der Waals surface area contributed by atoms with E-state index in [1.165, 1.54) is 31.5 Å². The van der Waals surface area contributed by atoms with Gasteiger partial charge < -0.3 is 14.4 Å². The molecule has 0 saturated carbocycles. The zero-order valence-electron chi connectivity index (χ0n) is 12.9. The van der Waals surface area contributed by atoms with Gasteiger partial charge in [-0.15, -0.1) is 0 Å². The van der Waals surface area contributed by atoms with Crippen molar-refractivity contribution in [1.29, 1.82) is 0 Å². The van der Waals surface area contributed by atoms with Crippen molar-refractivity contribution in [2.24, 2.45) is 0 Å². The Balaban J connectivity index is 2.35. The number of methoxy groups -OCH3 is 1. The van der Waals surface area contributed by atoms with E-state index in [-0.39, 0.29) is 22.0 Å². The van der Waals surface area contributed by atoms with Crippen LogP contribution in [0, 0.1) is 6.92 Å². The lowest BCUT2D eigenvalue weighted by atomic mass is 10.2. The number of carboxylic acid groups (broad SMARTS) is 1. The summed E-state index contributed by atoms with van der Waals surface area (Å²) in [6, 6.07) is 3.94. The monoisotopic (exact) mass is 339 g/mol. The number of sulfonamides is 1. The van der Waals surface area contributed by atoms with Crippen molar-refractivity contribution in [3.8, 4) is 5.75 Å². The minimum atomic E-state index is -3.87. The summed E-state index contributed by atoms with van der Waals surface area (Å²) in [6.45, 7) is 4.21. The molecule has 0 radical (unpaired) electrons. The first-order chi connectivity index (χ1) is 10.8. The van der Waals surface area contributed by atoms with Crippen molar-refractivity contribution in [1.82, 2.24) is 9.55 Å². The highest BCUT2D eigenvalue weighted by molar-refractivity contribution is 7.92. The predicted molar refractivity (Wildman–Crippen MR) is 83.4 cm³/mol. The molecule has 8 nitrogen and oxygen atoms in total. The lowest BCUT2D eigenvalue weighted by Crippen LogP contribution is -2.14. The van der Waals surface area contributed by atoms with E-state index in [9.17, 15) is 13.2 Å². The number of carbonyl (C=O) groups is 1. The molecule has 2 N–H and O–H groups in total. The quantitative estimate of drug-likeness (QED) is 0.829. The average Bonchev–Trinajstić information content (AvgIpc) is 2.88. The van der Waals surface area contributed by atoms with Crippen LogP contribution in [-0.4, -0.2) is 36.2 Å². The molecular weight excluding hydrogens is 322 g/mol. The summed E-state index contributed by atoms with van der Waals surface area (Å²) in [6.07, 6.45) is 1.44. The third-order valence-electron chi connectivity index (χ3n) is 3.25. The van der Waals surface area contributed by atoms with Crippen LogP contribution in [0.5, 0.6) is 5.75 Å². The SMILES string of the molecule is CCn1cc(S(=O)(=O)Nc2ccc(C(=O)O)c(OC)c2)nc1C. The van der Waals surface area contributed by atoms with Gasteiger partial charge in [0.15, 0.2) is 5.03 Å². The number of benzene rings is 1. The summed E-state index contributed by atoms with van der Waals surface area (Å²) in [7, 11) is -2.56. The van der Waals surface area contributed by atoms with Crippen molar-refractivity contribution in [3.05, 3.63) is 35.8 Å². The number of carboxylic acids is 1. The molecule has 124 valence electrons. The van der Waals surface area contributed by atoms with E-state index < -0.39 is 16.0 Å². The minimum absolute atomic E-state index is 0.0541. The molecule has 2 rings (SSSR count). The van der Waals surface area contributed by atoms with Gasteiger partial charge in [0.25, 0.3) is 10.0 Å². The second kappa shape index (κ2) is 6.29. The lowest BCUT2D eigenvalue weighted by Gasteiger charge is -2.09. The normalized spacial score (nSPS) is 11.3. The summed E-state index contributed by atoms with van der Waals surface area (Å²) in [5, 5.41) is 8.93. The zero-order valence-corrected chi connectivity index (χ0v) is 13.7. The maximum absolute atomic E-state index is 12.4. The first-order valence-corrected chi connectivity index (χ1v) is 8.24. The van der Waals surface area contributed by atoms with Crippen LogP contribution in [0.25, 0.3) is 0 Å². The maximum atomic E-state index is 12.4. The third kappa shape index (κ3) is 3.45. The Kier molecular flexibility index (Phi) is 4.60. The predicted octanol–water partition coefficient (Wildman–Crippen LogP) is 1.72. The molecule has 0 fully saturated rings. The lowest BCUT2D eigenvalue weighted by molar-refractivity contribution is 0.0693. The molecule has 0 saturated heterocycles. The number of imidazole rings is 1. The Labute approximate surface area is 133 Å². The summed E-state index contributed by atoms with van der Waals surface area (Å²) in [4.78, 5) is 15.1. The number of anilines is 1. The van der Waals surface area contributed by atoms with Gasteiger partial charge in [0.2, 0.25) is 0 Å². The molecule has 23 heavy (non-hydrogen) atoms. The molecule has 0 spiro atoms. The highest BCUT2D eigenvalue weighted by Gasteiger charge is 2.20. The molecule has 1 aromatic heterocycles. The van der Waals surface area contributed by atoms with Crippen molar-refractivity contribution < 1.29 is 23.1 Å². The first-order valence-electron chi connectivity index (χ1n) is 6.76. The number of aromatic carboxylic acids is 1. The van der Waals surface area contributed by atoms with Gasteiger partial charge in [0.05, 0.1) is 12.8 Å². The number of hydrogen-bond donors (Lipinski definition) is 2. The maximum Gasteiger partial charge on any atom is 0.339 e. The number of nitrogens with zero attached hydrogens (tertiary/aromatic N) is 2. The fourth-order valence-corrected chi connectivity index (χ4v) is 3.13. The largest absolute Gasteiger partial charge is 0.496 e. The first kappa shape index (κ1) is 16.8. The van der Waals surface area contributed by atoms with E-state index in [0.29, 0.717) is 12.4 Å². The molecule has 0 amide bonds. The third-order valence-corrected chi connectivity index (χ3v) is 4.51. The standard InChI is InChI=1S/C14H17N3O5S/c1-4-17-8-13(15-9(17)2)23(20,21)16-10-5-6-11(14(18)19)12(7-10)22-3/h5-8,16H,4H2,1-3H3,(H,18,19). The Bertz CT molecular complexity index is 842. The second-order valence-corrected chi connectivity index (χ2v) is 6.37. The molecule has 1 heterocycles. The van der Waals surface area contributed by atoms with Crippen LogP contribution in [0.15, 0.2) is 29.4 Å². The molecule has 0 bridgehead atoms. The van der Waals surface area contributed by atoms with E-state index in [0.717, 1.165) is 0 Å². The number of hydrogen-bond acceptors (Lipinski definition) is 5. The van der Waals surface area contributed by atoms with Crippen LogP contribution in [0.1, 0.15) is 23.1 Å². The topological polar surface area (TPSA) is 111 Å². The Morgan fingerprint density at radius 3 is 2.65 bits per heavy atom. The molecule has 9 heteroatoms. The Hall–Kier alpha value is -2.55. The van der Waals surface area contributed by atoms with Crippen LogP contribution in [0.2, 0.25) is 0 Å². The van der Waals surface area contributed by atoms with E-state index in [2.05, 4.69) is 9.71 Å². The Morgan fingerprint density at radius 1 is 1.43 bits per heavy atom. The second-order valence-electron chi connectivity index (χ2n) is 4.74. The van der Waals surface area contributed by atoms with Crippen LogP contribution in [0.4, 0.5) is 5.69 Å². The number of rotatable bonds is 6. The summed E-state index contributed by atoms with van der Waals surface area (Å²) >= 11 is 0. The van der Waals surface area contributed by atoms with Crippen LogP contribution >= 0.6 is 0 Å². The summed E-state index contributed by atoms with van der Waals surface area (Å²) < 4.78 is 33.8. The smallest absolute Gasteiger partial charge is 0.339 e. The van der Waals surface area contributed by atoms with Crippen LogP contribution in [-0.2, 0) is 16.6 Å². The van der Waals surface area contributed by atoms with Crippen molar-refractivity contribution >= 4 is 21.7 Å². The summed E-state index contributed by atoms with van der Waals surface area (Å²) in [5.41, 5.74) is 0.136. The molecule has 1 aromatic carbocycles. The van der Waals surface area contributed by atoms with Crippen LogP contribution in [0.3, 0.4) is 0 Å². The average molecular weight is 339 g/mol.